The average molecular weight is 300 g/mol. The van der Waals surface area contributed by atoms with Crippen LogP contribution in [0.3, 0.4) is 0 Å². The minimum atomic E-state index is -0.746. The summed E-state index contributed by atoms with van der Waals surface area (Å²) < 4.78 is 1.61. The van der Waals surface area contributed by atoms with Crippen LogP contribution in [0, 0.1) is 0 Å². The van der Waals surface area contributed by atoms with Crippen LogP contribution in [0.5, 0.6) is 0 Å². The van der Waals surface area contributed by atoms with Crippen molar-refractivity contribution in [1.82, 2.24) is 19.7 Å². The molecule has 6 nitrogen and oxygen atoms in total. The van der Waals surface area contributed by atoms with E-state index in [0.717, 1.165) is 25.7 Å². The van der Waals surface area contributed by atoms with Gasteiger partial charge in [-0.2, -0.15) is 5.10 Å². The maximum Gasteiger partial charge on any atom is 0.272 e. The fraction of sp³-hybridized carbons (Fsp3) is 0.438. The summed E-state index contributed by atoms with van der Waals surface area (Å²) in [5, 5.41) is 14.5. The molecule has 3 rings (SSSR count). The van der Waals surface area contributed by atoms with Crippen molar-refractivity contribution in [3.63, 3.8) is 0 Å². The van der Waals surface area contributed by atoms with Crippen LogP contribution in [0.4, 0.5) is 0 Å². The number of rotatable bonds is 4. The zero-order valence-corrected chi connectivity index (χ0v) is 12.6. The summed E-state index contributed by atoms with van der Waals surface area (Å²) in [5.41, 5.74) is -0.388. The summed E-state index contributed by atoms with van der Waals surface area (Å²) in [6, 6.07) is 7.08. The van der Waals surface area contributed by atoms with Gasteiger partial charge in [-0.15, -0.1) is 0 Å². The first-order valence-corrected chi connectivity index (χ1v) is 7.52. The molecule has 1 N–H and O–H groups in total. The molecule has 1 aliphatic carbocycles. The van der Waals surface area contributed by atoms with E-state index in [-0.39, 0.29) is 5.91 Å². The fourth-order valence-corrected chi connectivity index (χ4v) is 2.97. The molecule has 0 aromatic carbocycles. The van der Waals surface area contributed by atoms with Crippen LogP contribution in [0.1, 0.15) is 36.2 Å². The van der Waals surface area contributed by atoms with Gasteiger partial charge in [0.25, 0.3) is 5.91 Å². The number of carbonyl (C=O) groups is 1. The second kappa shape index (κ2) is 5.88. The number of hydrogen-bond acceptors (Lipinski definition) is 4. The summed E-state index contributed by atoms with van der Waals surface area (Å²) in [4.78, 5) is 18.4. The van der Waals surface area contributed by atoms with Crippen LogP contribution < -0.4 is 0 Å². The molecule has 0 spiro atoms. The second-order valence-electron chi connectivity index (χ2n) is 5.92. The Hall–Kier alpha value is -2.21. The Kier molecular flexibility index (Phi) is 3.94. The van der Waals surface area contributed by atoms with E-state index in [1.54, 1.807) is 53.3 Å². The Morgan fingerprint density at radius 1 is 1.36 bits per heavy atom. The van der Waals surface area contributed by atoms with E-state index in [1.807, 2.05) is 0 Å². The SMILES string of the molecule is CN(CC1(O)CCCC1)C(=O)c1cccc(-n2cccn2)n1. The average Bonchev–Trinajstić information content (AvgIpc) is 3.18. The van der Waals surface area contributed by atoms with Gasteiger partial charge in [0.1, 0.15) is 5.69 Å². The number of likely N-dealkylation sites (N-methyl/N-ethyl adjacent to an activating group) is 1. The molecule has 6 heteroatoms. The molecule has 1 fully saturated rings. The van der Waals surface area contributed by atoms with E-state index in [4.69, 9.17) is 0 Å². The smallest absolute Gasteiger partial charge is 0.272 e. The zero-order chi connectivity index (χ0) is 15.6. The van der Waals surface area contributed by atoms with Crippen molar-refractivity contribution in [2.75, 3.05) is 13.6 Å². The normalized spacial score (nSPS) is 16.6. The molecule has 0 bridgehead atoms. The second-order valence-corrected chi connectivity index (χ2v) is 5.92. The first-order chi connectivity index (χ1) is 10.6. The highest BCUT2D eigenvalue weighted by Crippen LogP contribution is 2.30. The minimum absolute atomic E-state index is 0.186. The predicted molar refractivity (Wildman–Crippen MR) is 81.7 cm³/mol. The Morgan fingerprint density at radius 3 is 2.82 bits per heavy atom. The van der Waals surface area contributed by atoms with E-state index in [2.05, 4.69) is 10.1 Å². The molecule has 1 aliphatic rings. The van der Waals surface area contributed by atoms with Gasteiger partial charge in [-0.1, -0.05) is 18.9 Å². The van der Waals surface area contributed by atoms with Gasteiger partial charge in [0, 0.05) is 26.0 Å². The van der Waals surface area contributed by atoms with Crippen LogP contribution >= 0.6 is 0 Å². The third-order valence-electron chi connectivity index (χ3n) is 4.11. The summed E-state index contributed by atoms with van der Waals surface area (Å²) >= 11 is 0. The topological polar surface area (TPSA) is 71.2 Å². The summed E-state index contributed by atoms with van der Waals surface area (Å²) in [5.74, 6) is 0.415. The molecule has 0 radical (unpaired) electrons. The van der Waals surface area contributed by atoms with Crippen LogP contribution in [-0.2, 0) is 0 Å². The van der Waals surface area contributed by atoms with Crippen LogP contribution in [0.15, 0.2) is 36.7 Å². The van der Waals surface area contributed by atoms with E-state index in [9.17, 15) is 9.90 Å². The lowest BCUT2D eigenvalue weighted by molar-refractivity contribution is 0.0155. The van der Waals surface area contributed by atoms with Crippen LogP contribution in [0.2, 0.25) is 0 Å². The van der Waals surface area contributed by atoms with Crippen LogP contribution in [0.25, 0.3) is 5.82 Å². The van der Waals surface area contributed by atoms with Crippen molar-refractivity contribution in [2.45, 2.75) is 31.3 Å². The highest BCUT2D eigenvalue weighted by molar-refractivity contribution is 5.92. The van der Waals surface area contributed by atoms with Gasteiger partial charge >= 0.3 is 0 Å². The zero-order valence-electron chi connectivity index (χ0n) is 12.6. The fourth-order valence-electron chi connectivity index (χ4n) is 2.97. The van der Waals surface area contributed by atoms with Crippen molar-refractivity contribution >= 4 is 5.91 Å². The van der Waals surface area contributed by atoms with Crippen molar-refractivity contribution in [2.24, 2.45) is 0 Å². The maximum absolute atomic E-state index is 12.5. The number of carbonyl (C=O) groups excluding carboxylic acids is 1. The lowest BCUT2D eigenvalue weighted by Gasteiger charge is -2.28. The Morgan fingerprint density at radius 2 is 2.14 bits per heavy atom. The highest BCUT2D eigenvalue weighted by Gasteiger charge is 2.33. The molecule has 1 amide bonds. The number of hydrogen-bond donors (Lipinski definition) is 1. The molecule has 2 heterocycles. The Balaban J connectivity index is 1.75. The van der Waals surface area contributed by atoms with Gasteiger partial charge in [0.2, 0.25) is 0 Å². The number of aliphatic hydroxyl groups is 1. The van der Waals surface area contributed by atoms with Crippen molar-refractivity contribution in [3.8, 4) is 5.82 Å². The Labute approximate surface area is 129 Å². The quantitative estimate of drug-likeness (QED) is 0.932. The van der Waals surface area contributed by atoms with E-state index in [0.29, 0.717) is 18.1 Å². The van der Waals surface area contributed by atoms with Gasteiger partial charge in [0.15, 0.2) is 5.82 Å². The van der Waals surface area contributed by atoms with Gasteiger partial charge in [0.05, 0.1) is 5.60 Å². The number of pyridine rings is 1. The third kappa shape index (κ3) is 3.01. The van der Waals surface area contributed by atoms with E-state index >= 15 is 0 Å². The molecule has 0 unspecified atom stereocenters. The molecule has 116 valence electrons. The molecular formula is C16H20N4O2. The highest BCUT2D eigenvalue weighted by atomic mass is 16.3. The van der Waals surface area contributed by atoms with Gasteiger partial charge in [-0.05, 0) is 31.0 Å². The van der Waals surface area contributed by atoms with E-state index in [1.165, 1.54) is 0 Å². The molecule has 2 aromatic rings. The molecular weight excluding hydrogens is 280 g/mol. The molecule has 0 aliphatic heterocycles. The molecule has 0 atom stereocenters. The molecule has 0 saturated heterocycles. The standard InChI is InChI=1S/C16H20N4O2/c1-19(12-16(22)8-2-3-9-16)15(21)13-6-4-7-14(18-13)20-11-5-10-17-20/h4-7,10-11,22H,2-3,8-9,12H2,1H3. The van der Waals surface area contributed by atoms with Crippen LogP contribution in [-0.4, -0.2) is 49.9 Å². The summed E-state index contributed by atoms with van der Waals surface area (Å²) in [6.07, 6.45) is 6.99. The lowest BCUT2D eigenvalue weighted by atomic mass is 10.0. The number of amides is 1. The molecule has 22 heavy (non-hydrogen) atoms. The lowest BCUT2D eigenvalue weighted by Crippen LogP contribution is -2.42. The molecule has 2 aromatic heterocycles. The monoisotopic (exact) mass is 300 g/mol. The third-order valence-corrected chi connectivity index (χ3v) is 4.11. The summed E-state index contributed by atoms with van der Waals surface area (Å²) in [7, 11) is 1.71. The van der Waals surface area contributed by atoms with Gasteiger partial charge in [-0.3, -0.25) is 4.79 Å². The van der Waals surface area contributed by atoms with Gasteiger partial charge < -0.3 is 10.0 Å². The Bertz CT molecular complexity index is 648. The van der Waals surface area contributed by atoms with E-state index < -0.39 is 5.60 Å². The number of aromatic nitrogens is 3. The first kappa shape index (κ1) is 14.7. The summed E-state index contributed by atoms with van der Waals surface area (Å²) in [6.45, 7) is 0.347. The maximum atomic E-state index is 12.5. The van der Waals surface area contributed by atoms with Gasteiger partial charge in [-0.25, -0.2) is 9.67 Å². The predicted octanol–water partition coefficient (Wildman–Crippen LogP) is 1.64. The first-order valence-electron chi connectivity index (χ1n) is 7.52. The van der Waals surface area contributed by atoms with Crippen molar-refractivity contribution in [1.29, 1.82) is 0 Å². The number of nitrogens with zero attached hydrogens (tertiary/aromatic N) is 4. The molecule has 1 saturated carbocycles. The minimum Gasteiger partial charge on any atom is -0.388 e. The van der Waals surface area contributed by atoms with Crippen molar-refractivity contribution in [3.05, 3.63) is 42.4 Å². The largest absolute Gasteiger partial charge is 0.388 e. The van der Waals surface area contributed by atoms with Crippen molar-refractivity contribution < 1.29 is 9.90 Å².